The van der Waals surface area contributed by atoms with Gasteiger partial charge in [-0.25, -0.2) is 4.99 Å². The number of nitrogens with one attached hydrogen (secondary N) is 1. The second-order valence-corrected chi connectivity index (χ2v) is 9.62. The van der Waals surface area contributed by atoms with Crippen molar-refractivity contribution in [1.82, 2.24) is 10.2 Å². The van der Waals surface area contributed by atoms with Gasteiger partial charge in [-0.1, -0.05) is 51.1 Å². The summed E-state index contributed by atoms with van der Waals surface area (Å²) in [6.07, 6.45) is 4.53. The van der Waals surface area contributed by atoms with E-state index in [4.69, 9.17) is 15.5 Å². The first-order chi connectivity index (χ1) is 15.5. The van der Waals surface area contributed by atoms with Crippen molar-refractivity contribution < 1.29 is 4.74 Å². The van der Waals surface area contributed by atoms with Crippen molar-refractivity contribution in [2.75, 3.05) is 32.8 Å². The third-order valence-electron chi connectivity index (χ3n) is 6.10. The zero-order valence-electron chi connectivity index (χ0n) is 20.0. The average Bonchev–Trinajstić information content (AvgIpc) is 2.82. The number of benzene rings is 2. The molecule has 0 radical (unpaired) electrons. The Labute approximate surface area is 194 Å². The number of guanidine groups is 1. The summed E-state index contributed by atoms with van der Waals surface area (Å²) in [6, 6.07) is 18.9. The summed E-state index contributed by atoms with van der Waals surface area (Å²) in [5.74, 6) is 2.57. The predicted molar refractivity (Wildman–Crippen MR) is 135 cm³/mol. The first-order valence-corrected chi connectivity index (χ1v) is 12.0. The number of ether oxygens (including phenoxy) is 1. The van der Waals surface area contributed by atoms with E-state index in [-0.39, 0.29) is 5.41 Å². The summed E-state index contributed by atoms with van der Waals surface area (Å²) in [7, 11) is 0. The number of nitrogens with zero attached hydrogens (tertiary/aromatic N) is 2. The van der Waals surface area contributed by atoms with Gasteiger partial charge in [0.2, 0.25) is 0 Å². The number of nitrogens with two attached hydrogens (primary N) is 1. The van der Waals surface area contributed by atoms with Gasteiger partial charge < -0.3 is 20.7 Å². The molecule has 174 valence electrons. The standard InChI is InChI=1S/C27H40N4O/c1-4-18-32-25-12-10-24(11-13-25)30-26(29-21-27(2,3)20-28)31-16-14-23(15-17-31)19-22-8-6-5-7-9-22/h5-13,23H,4,14-21,28H2,1-3H3,(H,29,30). The minimum atomic E-state index is 0.0181. The Morgan fingerprint density at radius 2 is 1.78 bits per heavy atom. The Hall–Kier alpha value is -2.53. The zero-order valence-corrected chi connectivity index (χ0v) is 20.0. The van der Waals surface area contributed by atoms with Crippen LogP contribution in [0, 0.1) is 11.3 Å². The fourth-order valence-corrected chi connectivity index (χ4v) is 3.87. The van der Waals surface area contributed by atoms with Gasteiger partial charge in [0, 0.05) is 19.6 Å². The van der Waals surface area contributed by atoms with Crippen molar-refractivity contribution in [2.45, 2.75) is 46.5 Å². The van der Waals surface area contributed by atoms with Gasteiger partial charge in [0.15, 0.2) is 5.96 Å². The SMILES string of the molecule is CCCOc1ccc(/N=C(\NCC(C)(C)CN)N2CCC(Cc3ccccc3)CC2)cc1. The molecule has 0 amide bonds. The van der Waals surface area contributed by atoms with Crippen LogP contribution in [0.4, 0.5) is 5.69 Å². The lowest BCUT2D eigenvalue weighted by Crippen LogP contribution is -2.49. The molecule has 0 spiro atoms. The van der Waals surface area contributed by atoms with Crippen LogP contribution in [0.25, 0.3) is 0 Å². The minimum absolute atomic E-state index is 0.0181. The summed E-state index contributed by atoms with van der Waals surface area (Å²) in [4.78, 5) is 7.38. The normalized spacial score (nSPS) is 15.6. The molecular weight excluding hydrogens is 396 g/mol. The molecule has 1 heterocycles. The molecule has 1 aliphatic rings. The molecule has 2 aromatic rings. The lowest BCUT2D eigenvalue weighted by molar-refractivity contribution is 0.255. The van der Waals surface area contributed by atoms with E-state index in [9.17, 15) is 0 Å². The maximum absolute atomic E-state index is 5.96. The molecule has 3 N–H and O–H groups in total. The minimum Gasteiger partial charge on any atom is -0.494 e. The second kappa shape index (κ2) is 11.9. The lowest BCUT2D eigenvalue weighted by Gasteiger charge is -2.35. The first kappa shape index (κ1) is 24.1. The van der Waals surface area contributed by atoms with Crippen molar-refractivity contribution in [1.29, 1.82) is 0 Å². The third kappa shape index (κ3) is 7.56. The molecule has 5 heteroatoms. The number of likely N-dealkylation sites (tertiary alicyclic amines) is 1. The molecule has 3 rings (SSSR count). The van der Waals surface area contributed by atoms with Crippen molar-refractivity contribution in [3.05, 3.63) is 60.2 Å². The Bertz CT molecular complexity index is 824. The Balaban J connectivity index is 1.66. The van der Waals surface area contributed by atoms with Crippen LogP contribution in [0.15, 0.2) is 59.6 Å². The predicted octanol–water partition coefficient (Wildman–Crippen LogP) is 4.99. The summed E-state index contributed by atoms with van der Waals surface area (Å²) >= 11 is 0. The summed E-state index contributed by atoms with van der Waals surface area (Å²) in [5, 5.41) is 3.61. The molecule has 1 aliphatic heterocycles. The van der Waals surface area contributed by atoms with Crippen LogP contribution in [0.3, 0.4) is 0 Å². The molecule has 0 unspecified atom stereocenters. The molecule has 0 aliphatic carbocycles. The van der Waals surface area contributed by atoms with Gasteiger partial charge >= 0.3 is 0 Å². The lowest BCUT2D eigenvalue weighted by atomic mass is 9.90. The summed E-state index contributed by atoms with van der Waals surface area (Å²) in [6.45, 7) is 10.7. The van der Waals surface area contributed by atoms with E-state index in [2.05, 4.69) is 61.3 Å². The van der Waals surface area contributed by atoms with Gasteiger partial charge in [-0.15, -0.1) is 0 Å². The highest BCUT2D eigenvalue weighted by molar-refractivity contribution is 5.83. The smallest absolute Gasteiger partial charge is 0.199 e. The molecular formula is C27H40N4O. The second-order valence-electron chi connectivity index (χ2n) is 9.62. The highest BCUT2D eigenvalue weighted by atomic mass is 16.5. The number of hydrogen-bond donors (Lipinski definition) is 2. The molecule has 5 nitrogen and oxygen atoms in total. The van der Waals surface area contributed by atoms with Crippen molar-refractivity contribution in [3.63, 3.8) is 0 Å². The fourth-order valence-electron chi connectivity index (χ4n) is 3.87. The largest absolute Gasteiger partial charge is 0.494 e. The first-order valence-electron chi connectivity index (χ1n) is 12.0. The van der Waals surface area contributed by atoms with Crippen molar-refractivity contribution in [2.24, 2.45) is 22.1 Å². The maximum atomic E-state index is 5.96. The van der Waals surface area contributed by atoms with Crippen LogP contribution in [-0.2, 0) is 6.42 Å². The van der Waals surface area contributed by atoms with Gasteiger partial charge in [0.1, 0.15) is 5.75 Å². The highest BCUT2D eigenvalue weighted by Gasteiger charge is 2.24. The summed E-state index contributed by atoms with van der Waals surface area (Å²) in [5.41, 5.74) is 8.36. The van der Waals surface area contributed by atoms with E-state index in [1.54, 1.807) is 0 Å². The topological polar surface area (TPSA) is 62.9 Å². The van der Waals surface area contributed by atoms with Gasteiger partial charge in [-0.05, 0) is 73.4 Å². The van der Waals surface area contributed by atoms with E-state index >= 15 is 0 Å². The summed E-state index contributed by atoms with van der Waals surface area (Å²) < 4.78 is 5.71. The van der Waals surface area contributed by atoms with E-state index < -0.39 is 0 Å². The Morgan fingerprint density at radius 1 is 1.09 bits per heavy atom. The van der Waals surface area contributed by atoms with Gasteiger partial charge in [-0.2, -0.15) is 0 Å². The van der Waals surface area contributed by atoms with Crippen LogP contribution in [-0.4, -0.2) is 43.6 Å². The van der Waals surface area contributed by atoms with E-state index in [1.165, 1.54) is 18.4 Å². The molecule has 0 bridgehead atoms. The van der Waals surface area contributed by atoms with Crippen LogP contribution in [0.1, 0.15) is 45.6 Å². The van der Waals surface area contributed by atoms with Crippen molar-refractivity contribution >= 4 is 11.6 Å². The Kier molecular flexibility index (Phi) is 8.98. The average molecular weight is 437 g/mol. The van der Waals surface area contributed by atoms with Gasteiger partial charge in [-0.3, -0.25) is 0 Å². The maximum Gasteiger partial charge on any atom is 0.199 e. The van der Waals surface area contributed by atoms with Gasteiger partial charge in [0.05, 0.1) is 12.3 Å². The van der Waals surface area contributed by atoms with Crippen LogP contribution < -0.4 is 15.8 Å². The molecule has 32 heavy (non-hydrogen) atoms. The molecule has 0 atom stereocenters. The van der Waals surface area contributed by atoms with Crippen LogP contribution >= 0.6 is 0 Å². The van der Waals surface area contributed by atoms with Gasteiger partial charge in [0.25, 0.3) is 0 Å². The van der Waals surface area contributed by atoms with Crippen molar-refractivity contribution in [3.8, 4) is 5.75 Å². The monoisotopic (exact) mass is 436 g/mol. The molecule has 0 saturated carbocycles. The molecule has 0 aromatic heterocycles. The zero-order chi connectivity index (χ0) is 22.8. The molecule has 2 aromatic carbocycles. The highest BCUT2D eigenvalue weighted by Crippen LogP contribution is 2.24. The van der Waals surface area contributed by atoms with E-state index in [1.807, 2.05) is 24.3 Å². The van der Waals surface area contributed by atoms with E-state index in [0.29, 0.717) is 6.54 Å². The van der Waals surface area contributed by atoms with Crippen LogP contribution in [0.5, 0.6) is 5.75 Å². The Morgan fingerprint density at radius 3 is 2.41 bits per heavy atom. The number of piperidine rings is 1. The molecule has 1 fully saturated rings. The quantitative estimate of drug-likeness (QED) is 0.429. The third-order valence-corrected chi connectivity index (χ3v) is 6.10. The van der Waals surface area contributed by atoms with E-state index in [0.717, 1.165) is 62.4 Å². The number of hydrogen-bond acceptors (Lipinski definition) is 3. The fraction of sp³-hybridized carbons (Fsp3) is 0.519. The number of rotatable bonds is 9. The van der Waals surface area contributed by atoms with Crippen LogP contribution in [0.2, 0.25) is 0 Å². The molecule has 1 saturated heterocycles. The number of aliphatic imine (C=N–C) groups is 1.